The number of aromatic hydroxyl groups is 1. The Balaban J connectivity index is 2.38. The van der Waals surface area contributed by atoms with Crippen LogP contribution < -0.4 is 91.6 Å². The molecule has 2 rings (SSSR count). The number of aliphatic hydroxyl groups excluding tert-OH is 2. The number of benzene rings is 1. The van der Waals surface area contributed by atoms with E-state index < -0.39 is 218 Å². The number of hydrogen-bond donors (Lipinski definition) is 21. The number of primary amides is 1. The largest absolute Gasteiger partial charge is 0.508 e. The molecule has 0 bridgehead atoms. The van der Waals surface area contributed by atoms with Crippen LogP contribution in [0.1, 0.15) is 147 Å². The molecule has 1 aromatic carbocycles. The number of aliphatic hydroxyl groups is 2. The van der Waals surface area contributed by atoms with E-state index in [0.717, 1.165) is 4.90 Å². The van der Waals surface area contributed by atoms with Crippen LogP contribution in [0.2, 0.25) is 0 Å². The summed E-state index contributed by atoms with van der Waals surface area (Å²) in [5, 5.41) is 66.3. The number of likely N-dealkylation sites (tertiary alicyclic amines) is 1. The second kappa shape index (κ2) is 48.6. The van der Waals surface area contributed by atoms with Crippen LogP contribution >= 0.6 is 12.6 Å². The first-order chi connectivity index (χ1) is 51.6. The van der Waals surface area contributed by atoms with Gasteiger partial charge >= 0.3 is 0 Å². The van der Waals surface area contributed by atoms with E-state index in [0.29, 0.717) is 12.0 Å². The molecular weight excluding hydrogens is 1450 g/mol. The molecule has 0 aromatic heterocycles. The predicted molar refractivity (Wildman–Crippen MR) is 407 cm³/mol. The molecule has 0 aliphatic carbocycles. The molecule has 0 unspecified atom stereocenters. The lowest BCUT2D eigenvalue weighted by atomic mass is 9.97. The van der Waals surface area contributed by atoms with Gasteiger partial charge in [0.15, 0.2) is 5.96 Å². The van der Waals surface area contributed by atoms with Gasteiger partial charge in [-0.3, -0.25) is 81.7 Å². The van der Waals surface area contributed by atoms with Crippen molar-refractivity contribution < 1.29 is 92.0 Å². The number of aliphatic imine (C=N–C) groups is 1. The van der Waals surface area contributed by atoms with Crippen LogP contribution in [0.15, 0.2) is 29.3 Å². The van der Waals surface area contributed by atoms with E-state index in [2.05, 4.69) is 92.1 Å². The Labute approximate surface area is 647 Å². The van der Waals surface area contributed by atoms with Crippen molar-refractivity contribution in [3.63, 3.8) is 0 Å². The zero-order valence-electron chi connectivity index (χ0n) is 65.2. The first-order valence-electron chi connectivity index (χ1n) is 36.9. The average molecular weight is 1570 g/mol. The van der Waals surface area contributed by atoms with E-state index in [1.54, 1.807) is 55.4 Å². The normalized spacial score (nSPS) is 15.9. The number of nitrogens with two attached hydrogens (primary N) is 3. The molecule has 38 nitrogen and oxygen atoms in total. The minimum Gasteiger partial charge on any atom is -0.508 e. The van der Waals surface area contributed by atoms with E-state index in [9.17, 15) is 92.0 Å². The van der Waals surface area contributed by atoms with Crippen molar-refractivity contribution in [1.29, 1.82) is 0 Å². The zero-order chi connectivity index (χ0) is 83.4. The van der Waals surface area contributed by atoms with Gasteiger partial charge in [-0.15, -0.1) is 0 Å². The summed E-state index contributed by atoms with van der Waals surface area (Å²) in [4.78, 5) is 222. The summed E-state index contributed by atoms with van der Waals surface area (Å²) in [7, 11) is 0. The van der Waals surface area contributed by atoms with Crippen LogP contribution in [-0.2, 0) is 83.1 Å². The van der Waals surface area contributed by atoms with E-state index in [-0.39, 0.29) is 99.7 Å². The smallest absolute Gasteiger partial charge is 0.248 e. The number of thiol groups is 1. The highest BCUT2D eigenvalue weighted by atomic mass is 32.1. The van der Waals surface area contributed by atoms with E-state index in [4.69, 9.17) is 17.2 Å². The molecule has 1 aliphatic rings. The fraction of sp³-hybridized carbons (Fsp3) is 0.676. The Kier molecular flexibility index (Phi) is 42.5. The van der Waals surface area contributed by atoms with Gasteiger partial charge in [-0.1, -0.05) is 102 Å². The highest BCUT2D eigenvalue weighted by Crippen LogP contribution is 2.21. The van der Waals surface area contributed by atoms with Gasteiger partial charge in [-0.25, -0.2) is 0 Å². The topological polar surface area (TPSA) is 596 Å². The fourth-order valence-corrected chi connectivity index (χ4v) is 11.7. The Morgan fingerprint density at radius 3 is 1.45 bits per heavy atom. The zero-order valence-corrected chi connectivity index (χ0v) is 66.1. The number of guanidine groups is 1. The second-order valence-electron chi connectivity index (χ2n) is 29.2. The SMILES string of the molecule is CC[C@H](C)[C@H](NC(=O)CNC(=O)[C@H](CC(C)C)NC(=O)[C@H](CC(C)C)NC(=O)[C@H](CCCN=C(N)N)NC(=O)[C@H](CO)NC(=O)[C@@H](NC(=O)[C@H](Cc1ccc(O)cc1)NC(=O)[C@@H]1CCCN1C(=O)[C@H](CO)NC(=O)CNC(=O)[C@@H](NC(=O)CNC(C)=O)C(C)C)C(C)C)C(=O)N[C@@H](CS)C(=O)N[C@@H](CC(C)C)C(N)=O. The number of nitrogens with one attached hydrogen (secondary N) is 14. The summed E-state index contributed by atoms with van der Waals surface area (Å²) in [6.45, 7) is 17.8. The van der Waals surface area contributed by atoms with Gasteiger partial charge in [-0.05, 0) is 98.1 Å². The average Bonchev–Trinajstić information content (AvgIpc) is 1.56. The van der Waals surface area contributed by atoms with Crippen molar-refractivity contribution in [3.05, 3.63) is 29.8 Å². The van der Waals surface area contributed by atoms with Crippen LogP contribution in [0.3, 0.4) is 0 Å². The van der Waals surface area contributed by atoms with Gasteiger partial charge < -0.3 is 112 Å². The number of nitrogens with zero attached hydrogens (tertiary/aromatic N) is 2. The lowest BCUT2D eigenvalue weighted by molar-refractivity contribution is -0.143. The molecule has 16 amide bonds. The van der Waals surface area contributed by atoms with Crippen LogP contribution in [0, 0.1) is 35.5 Å². The number of hydrogen-bond acceptors (Lipinski definition) is 21. The summed E-state index contributed by atoms with van der Waals surface area (Å²) < 4.78 is 0. The standard InChI is InChI=1S/C71H119N19O19S/c1-14-40(12)58(69(108)86-51(34-110)65(104)81-45(59(72)98)25-35(2)3)88-55(97)31-77-60(99)46(26-36(4)5)82-62(101)47(27-37(6)7)83-61(100)44(17-15-23-75-71(73)74)80-64(103)49(32-91)85-68(107)57(39(10)11)89-63(102)48(28-42-19-21-43(94)22-20-42)84-66(105)52-18-16-24-90(52)70(109)50(33-92)79-53(95)30-78-67(106)56(38(8)9)87-54(96)29-76-41(13)93/h19-22,35-40,44-52,56-58,91-92,94,110H,14-18,23-34H2,1-13H3,(H2,72,98)(H,76,93)(H,77,99)(H,78,106)(H,79,95)(H,80,103)(H,81,104)(H,82,101)(H,83,100)(H,84,105)(H,85,107)(H,86,108)(H,87,96)(H,88,97)(H,89,102)(H4,73,74,75)/t40-,44-,45-,46-,47-,48-,49-,50-,51-,52-,56-,57-,58-/m0/s1. The van der Waals surface area contributed by atoms with E-state index in [1.807, 2.05) is 13.8 Å². The number of carbonyl (C=O) groups is 16. The summed E-state index contributed by atoms with van der Waals surface area (Å²) in [6, 6.07) is -11.0. The van der Waals surface area contributed by atoms with Crippen molar-refractivity contribution in [2.75, 3.05) is 51.7 Å². The third-order valence-corrected chi connectivity index (χ3v) is 18.0. The molecule has 39 heteroatoms. The Morgan fingerprint density at radius 2 is 0.936 bits per heavy atom. The van der Waals surface area contributed by atoms with E-state index in [1.165, 1.54) is 45.0 Å². The summed E-state index contributed by atoms with van der Waals surface area (Å²) in [5.74, 6) is -16.2. The molecular formula is C71H119N19O19S. The number of carbonyl (C=O) groups excluding carboxylic acids is 16. The Bertz CT molecular complexity index is 3340. The monoisotopic (exact) mass is 1570 g/mol. The van der Waals surface area contributed by atoms with Crippen LogP contribution in [0.5, 0.6) is 5.75 Å². The molecule has 1 saturated heterocycles. The molecule has 0 radical (unpaired) electrons. The van der Waals surface area contributed by atoms with Crippen LogP contribution in [-0.4, -0.2) is 245 Å². The highest BCUT2D eigenvalue weighted by molar-refractivity contribution is 7.80. The molecule has 0 saturated carbocycles. The third-order valence-electron chi connectivity index (χ3n) is 17.6. The number of phenols is 1. The molecule has 618 valence electrons. The quantitative estimate of drug-likeness (QED) is 0.0125. The van der Waals surface area contributed by atoms with Crippen molar-refractivity contribution >= 4 is 113 Å². The molecule has 1 fully saturated rings. The summed E-state index contributed by atoms with van der Waals surface area (Å²) >= 11 is 4.22. The Hall–Kier alpha value is -9.92. The minimum absolute atomic E-state index is 0.0107. The Morgan fingerprint density at radius 1 is 0.500 bits per heavy atom. The predicted octanol–water partition coefficient (Wildman–Crippen LogP) is -5.42. The van der Waals surface area contributed by atoms with Crippen LogP contribution in [0.4, 0.5) is 0 Å². The number of phenolic OH excluding ortho intramolecular Hbond substituents is 1. The highest BCUT2D eigenvalue weighted by Gasteiger charge is 2.41. The first kappa shape index (κ1) is 96.2. The molecule has 110 heavy (non-hydrogen) atoms. The van der Waals surface area contributed by atoms with E-state index >= 15 is 0 Å². The minimum atomic E-state index is -1.81. The maximum Gasteiger partial charge on any atom is 0.248 e. The number of amides is 16. The van der Waals surface area contributed by atoms with Crippen molar-refractivity contribution in [3.8, 4) is 5.75 Å². The molecule has 13 atom stereocenters. The molecule has 1 aliphatic heterocycles. The van der Waals surface area contributed by atoms with Gasteiger partial charge in [0, 0.05) is 32.2 Å². The van der Waals surface area contributed by atoms with Gasteiger partial charge in [-0.2, -0.15) is 12.6 Å². The molecule has 23 N–H and O–H groups in total. The summed E-state index contributed by atoms with van der Waals surface area (Å²) in [5.41, 5.74) is 17.0. The maximum absolute atomic E-state index is 14.5. The first-order valence-corrected chi connectivity index (χ1v) is 37.6. The molecule has 1 aromatic rings. The fourth-order valence-electron chi connectivity index (χ4n) is 11.4. The van der Waals surface area contributed by atoms with Crippen LogP contribution in [0.25, 0.3) is 0 Å². The van der Waals surface area contributed by atoms with Gasteiger partial charge in [0.2, 0.25) is 94.5 Å². The van der Waals surface area contributed by atoms with Gasteiger partial charge in [0.25, 0.3) is 0 Å². The molecule has 1 heterocycles. The van der Waals surface area contributed by atoms with Gasteiger partial charge in [0.1, 0.15) is 78.3 Å². The van der Waals surface area contributed by atoms with Gasteiger partial charge in [0.05, 0.1) is 32.8 Å². The third kappa shape index (κ3) is 34.3. The summed E-state index contributed by atoms with van der Waals surface area (Å²) in [6.07, 6.45) is 0.524. The van der Waals surface area contributed by atoms with Crippen molar-refractivity contribution in [1.82, 2.24) is 79.3 Å². The number of rotatable bonds is 48. The lowest BCUT2D eigenvalue weighted by Gasteiger charge is -2.30. The second-order valence-corrected chi connectivity index (χ2v) is 29.6. The molecule has 0 spiro atoms. The van der Waals surface area contributed by atoms with Crippen molar-refractivity contribution in [2.45, 2.75) is 220 Å². The van der Waals surface area contributed by atoms with Crippen molar-refractivity contribution in [2.24, 2.45) is 57.7 Å². The lowest BCUT2D eigenvalue weighted by Crippen LogP contribution is -2.62. The maximum atomic E-state index is 14.5.